The fourth-order valence-corrected chi connectivity index (χ4v) is 3.10. The van der Waals surface area contributed by atoms with Crippen molar-refractivity contribution in [3.8, 4) is 22.7 Å². The van der Waals surface area contributed by atoms with Crippen LogP contribution in [0.3, 0.4) is 0 Å². The van der Waals surface area contributed by atoms with Crippen molar-refractivity contribution in [1.29, 1.82) is 0 Å². The number of nitrogens with zero attached hydrogens (tertiary/aromatic N) is 3. The molecule has 0 saturated heterocycles. The molecule has 0 radical (unpaired) electrons. The van der Waals surface area contributed by atoms with Crippen molar-refractivity contribution >= 4 is 12.1 Å². The van der Waals surface area contributed by atoms with E-state index >= 15 is 0 Å². The minimum Gasteiger partial charge on any atom is -0.497 e. The van der Waals surface area contributed by atoms with Gasteiger partial charge >= 0.3 is 0 Å². The highest BCUT2D eigenvalue weighted by molar-refractivity contribution is 5.95. The molecule has 0 atom stereocenters. The predicted octanol–water partition coefficient (Wildman–Crippen LogP) is 4.62. The fraction of sp³-hybridized carbons (Fsp3) is 0.0800. The van der Waals surface area contributed by atoms with Crippen LogP contribution in [0, 0.1) is 6.92 Å². The van der Waals surface area contributed by atoms with Crippen LogP contribution in [-0.4, -0.2) is 29.0 Å². The highest BCUT2D eigenvalue weighted by Gasteiger charge is 2.12. The number of rotatable bonds is 6. The summed E-state index contributed by atoms with van der Waals surface area (Å²) in [5, 5.41) is 8.91. The smallest absolute Gasteiger partial charge is 0.271 e. The number of benzene rings is 3. The predicted molar refractivity (Wildman–Crippen MR) is 122 cm³/mol. The first kappa shape index (κ1) is 20.1. The monoisotopic (exact) mass is 410 g/mol. The lowest BCUT2D eigenvalue weighted by Crippen LogP contribution is -2.17. The van der Waals surface area contributed by atoms with Gasteiger partial charge in [-0.1, -0.05) is 35.9 Å². The Bertz CT molecular complexity index is 1190. The molecule has 0 unspecified atom stereocenters. The van der Waals surface area contributed by atoms with Gasteiger partial charge in [-0.2, -0.15) is 10.2 Å². The number of hydrazone groups is 1. The van der Waals surface area contributed by atoms with Gasteiger partial charge in [-0.15, -0.1) is 0 Å². The second-order valence-electron chi connectivity index (χ2n) is 7.01. The van der Waals surface area contributed by atoms with E-state index in [4.69, 9.17) is 9.84 Å². The maximum Gasteiger partial charge on any atom is 0.271 e. The number of hydrogen-bond acceptors (Lipinski definition) is 4. The molecule has 0 aliphatic rings. The molecular formula is C25H22N4O2. The number of aromatic nitrogens is 2. The lowest BCUT2D eigenvalue weighted by molar-refractivity contribution is 0.0955. The van der Waals surface area contributed by atoms with Crippen LogP contribution in [0.2, 0.25) is 0 Å². The molecule has 0 bridgehead atoms. The number of para-hydroxylation sites is 1. The number of ether oxygens (including phenoxy) is 1. The molecule has 154 valence electrons. The summed E-state index contributed by atoms with van der Waals surface area (Å²) in [6.45, 7) is 1.98. The van der Waals surface area contributed by atoms with E-state index in [0.717, 1.165) is 33.8 Å². The van der Waals surface area contributed by atoms with Gasteiger partial charge in [0.25, 0.3) is 5.91 Å². The Hall–Kier alpha value is -4.19. The summed E-state index contributed by atoms with van der Waals surface area (Å²) in [6.07, 6.45) is 3.49. The van der Waals surface area contributed by atoms with Gasteiger partial charge in [0.1, 0.15) is 11.4 Å². The molecule has 0 fully saturated rings. The molecule has 0 aliphatic heterocycles. The van der Waals surface area contributed by atoms with Crippen LogP contribution in [0.5, 0.6) is 5.75 Å². The summed E-state index contributed by atoms with van der Waals surface area (Å²) in [6, 6.07) is 24.8. The van der Waals surface area contributed by atoms with E-state index in [1.807, 2.05) is 79.9 Å². The van der Waals surface area contributed by atoms with E-state index in [0.29, 0.717) is 5.56 Å². The SMILES string of the molecule is COc1ccc(-c2nn(-c3ccccc3)cc2/C=N\NC(=O)c2ccc(C)cc2)cc1. The zero-order valence-electron chi connectivity index (χ0n) is 17.3. The summed E-state index contributed by atoms with van der Waals surface area (Å²) >= 11 is 0. The summed E-state index contributed by atoms with van der Waals surface area (Å²) < 4.78 is 7.05. The maximum atomic E-state index is 12.3. The number of nitrogens with one attached hydrogen (secondary N) is 1. The Labute approximate surface area is 180 Å². The molecule has 1 heterocycles. The summed E-state index contributed by atoms with van der Waals surface area (Å²) in [5.74, 6) is 0.504. The van der Waals surface area contributed by atoms with Gasteiger partial charge in [0.2, 0.25) is 0 Å². The fourth-order valence-electron chi connectivity index (χ4n) is 3.10. The molecule has 6 heteroatoms. The largest absolute Gasteiger partial charge is 0.497 e. The second kappa shape index (κ2) is 9.09. The molecule has 4 aromatic rings. The Morgan fingerprint density at radius 1 is 1.00 bits per heavy atom. The molecule has 0 spiro atoms. The van der Waals surface area contributed by atoms with E-state index in [2.05, 4.69) is 10.5 Å². The molecule has 1 N–H and O–H groups in total. The molecule has 3 aromatic carbocycles. The van der Waals surface area contributed by atoms with Crippen molar-refractivity contribution in [2.45, 2.75) is 6.92 Å². The normalized spacial score (nSPS) is 10.9. The van der Waals surface area contributed by atoms with Crippen molar-refractivity contribution in [2.75, 3.05) is 7.11 Å². The lowest BCUT2D eigenvalue weighted by Gasteiger charge is -2.03. The van der Waals surface area contributed by atoms with E-state index in [-0.39, 0.29) is 5.91 Å². The summed E-state index contributed by atoms with van der Waals surface area (Å²) in [5.41, 5.74) is 7.61. The summed E-state index contributed by atoms with van der Waals surface area (Å²) in [7, 11) is 1.63. The standard InChI is InChI=1S/C25H22N4O2/c1-18-8-10-20(11-9-18)25(30)27-26-16-21-17-29(22-6-4-3-5-7-22)28-24(21)19-12-14-23(31-2)15-13-19/h3-17H,1-2H3,(H,27,30)/b26-16-. The Kier molecular flexibility index (Phi) is 5.89. The van der Waals surface area contributed by atoms with Gasteiger partial charge in [0.05, 0.1) is 19.0 Å². The molecule has 1 amide bonds. The van der Waals surface area contributed by atoms with Crippen molar-refractivity contribution in [1.82, 2.24) is 15.2 Å². The van der Waals surface area contributed by atoms with Gasteiger partial charge < -0.3 is 4.74 Å². The molecule has 0 saturated carbocycles. The third-order valence-electron chi connectivity index (χ3n) is 4.81. The first-order chi connectivity index (χ1) is 15.1. The van der Waals surface area contributed by atoms with E-state index in [9.17, 15) is 4.79 Å². The maximum absolute atomic E-state index is 12.3. The van der Waals surface area contributed by atoms with Crippen LogP contribution in [0.4, 0.5) is 0 Å². The summed E-state index contributed by atoms with van der Waals surface area (Å²) in [4.78, 5) is 12.3. The van der Waals surface area contributed by atoms with E-state index in [1.54, 1.807) is 30.1 Å². The first-order valence-electron chi connectivity index (χ1n) is 9.83. The molecule has 31 heavy (non-hydrogen) atoms. The first-order valence-corrected chi connectivity index (χ1v) is 9.83. The van der Waals surface area contributed by atoms with Crippen LogP contribution in [0.1, 0.15) is 21.5 Å². The van der Waals surface area contributed by atoms with Crippen LogP contribution in [-0.2, 0) is 0 Å². The number of hydrogen-bond donors (Lipinski definition) is 1. The average molecular weight is 410 g/mol. The third kappa shape index (κ3) is 4.70. The Balaban J connectivity index is 1.63. The van der Waals surface area contributed by atoms with E-state index in [1.165, 1.54) is 0 Å². The zero-order chi connectivity index (χ0) is 21.6. The quantitative estimate of drug-likeness (QED) is 0.372. The number of carbonyl (C=O) groups excluding carboxylic acids is 1. The minimum atomic E-state index is -0.266. The topological polar surface area (TPSA) is 68.5 Å². The van der Waals surface area contributed by atoms with Crippen LogP contribution >= 0.6 is 0 Å². The van der Waals surface area contributed by atoms with Gasteiger partial charge in [0, 0.05) is 22.9 Å². The molecule has 1 aromatic heterocycles. The number of aryl methyl sites for hydroxylation is 1. The highest BCUT2D eigenvalue weighted by atomic mass is 16.5. The van der Waals surface area contributed by atoms with Crippen molar-refractivity contribution in [3.05, 3.63) is 102 Å². The molecule has 6 nitrogen and oxygen atoms in total. The third-order valence-corrected chi connectivity index (χ3v) is 4.81. The van der Waals surface area contributed by atoms with Crippen molar-refractivity contribution in [2.24, 2.45) is 5.10 Å². The molecule has 0 aliphatic carbocycles. The van der Waals surface area contributed by atoms with Gasteiger partial charge in [-0.05, 0) is 55.5 Å². The van der Waals surface area contributed by atoms with Crippen LogP contribution in [0.15, 0.2) is 90.2 Å². The zero-order valence-corrected chi connectivity index (χ0v) is 17.3. The number of methoxy groups -OCH3 is 1. The average Bonchev–Trinajstić information content (AvgIpc) is 3.24. The van der Waals surface area contributed by atoms with Crippen molar-refractivity contribution in [3.63, 3.8) is 0 Å². The Morgan fingerprint density at radius 2 is 1.71 bits per heavy atom. The molecular weight excluding hydrogens is 388 g/mol. The van der Waals surface area contributed by atoms with Crippen LogP contribution in [0.25, 0.3) is 16.9 Å². The highest BCUT2D eigenvalue weighted by Crippen LogP contribution is 2.25. The van der Waals surface area contributed by atoms with Gasteiger partial charge in [-0.3, -0.25) is 4.79 Å². The minimum absolute atomic E-state index is 0.266. The Morgan fingerprint density at radius 3 is 2.39 bits per heavy atom. The molecule has 4 rings (SSSR count). The lowest BCUT2D eigenvalue weighted by atomic mass is 10.1. The van der Waals surface area contributed by atoms with Gasteiger partial charge in [-0.25, -0.2) is 10.1 Å². The van der Waals surface area contributed by atoms with Crippen LogP contribution < -0.4 is 10.2 Å². The number of carbonyl (C=O) groups is 1. The van der Waals surface area contributed by atoms with Crippen molar-refractivity contribution < 1.29 is 9.53 Å². The van der Waals surface area contributed by atoms with E-state index < -0.39 is 0 Å². The second-order valence-corrected chi connectivity index (χ2v) is 7.01. The van der Waals surface area contributed by atoms with Gasteiger partial charge in [0.15, 0.2) is 0 Å². The number of amides is 1.